The van der Waals surface area contributed by atoms with E-state index in [1.54, 1.807) is 24.3 Å². The molecule has 0 fully saturated rings. The van der Waals surface area contributed by atoms with Crippen molar-refractivity contribution in [1.29, 1.82) is 0 Å². The summed E-state index contributed by atoms with van der Waals surface area (Å²) in [5.41, 5.74) is 1.13. The van der Waals surface area contributed by atoms with Gasteiger partial charge in [0.2, 0.25) is 0 Å². The third-order valence-corrected chi connectivity index (χ3v) is 2.42. The van der Waals surface area contributed by atoms with E-state index in [9.17, 15) is 0 Å². The van der Waals surface area contributed by atoms with E-state index in [1.807, 2.05) is 37.3 Å². The van der Waals surface area contributed by atoms with Crippen LogP contribution in [-0.2, 0) is 0 Å². The van der Waals surface area contributed by atoms with Crippen molar-refractivity contribution in [2.45, 2.75) is 13.0 Å². The first kappa shape index (κ1) is 10.6. The summed E-state index contributed by atoms with van der Waals surface area (Å²) in [4.78, 5) is 0. The second-order valence-corrected chi connectivity index (χ2v) is 3.66. The van der Waals surface area contributed by atoms with Gasteiger partial charge in [-0.2, -0.15) is 0 Å². The molecule has 82 valence electrons. The molecule has 1 N–H and O–H groups in total. The summed E-state index contributed by atoms with van der Waals surface area (Å²) in [6.45, 7) is 2.00. The van der Waals surface area contributed by atoms with Crippen LogP contribution in [0, 0.1) is 0 Å². The largest absolute Gasteiger partial charge is 0.508 e. The van der Waals surface area contributed by atoms with Crippen molar-refractivity contribution in [3.8, 4) is 11.5 Å². The van der Waals surface area contributed by atoms with E-state index in [-0.39, 0.29) is 11.9 Å². The lowest BCUT2D eigenvalue weighted by Crippen LogP contribution is -2.02. The van der Waals surface area contributed by atoms with Gasteiger partial charge in [0.15, 0.2) is 0 Å². The quantitative estimate of drug-likeness (QED) is 0.846. The molecule has 0 saturated carbocycles. The molecule has 0 aliphatic carbocycles. The molecule has 0 bridgehead atoms. The third-order valence-electron chi connectivity index (χ3n) is 2.42. The Labute approximate surface area is 95.1 Å². The fourth-order valence-electron chi connectivity index (χ4n) is 1.52. The van der Waals surface area contributed by atoms with Gasteiger partial charge in [-0.25, -0.2) is 0 Å². The number of phenols is 1. The van der Waals surface area contributed by atoms with Crippen LogP contribution in [0.15, 0.2) is 54.6 Å². The van der Waals surface area contributed by atoms with Gasteiger partial charge >= 0.3 is 0 Å². The van der Waals surface area contributed by atoms with Gasteiger partial charge in [-0.15, -0.1) is 0 Å². The second-order valence-electron chi connectivity index (χ2n) is 3.66. The van der Waals surface area contributed by atoms with E-state index in [0.717, 1.165) is 11.3 Å². The van der Waals surface area contributed by atoms with Gasteiger partial charge in [0.05, 0.1) is 0 Å². The average Bonchev–Trinajstić information content (AvgIpc) is 2.33. The molecule has 1 atom stereocenters. The molecular formula is C14H14O2. The zero-order chi connectivity index (χ0) is 11.4. The van der Waals surface area contributed by atoms with Crippen LogP contribution in [0.2, 0.25) is 0 Å². The van der Waals surface area contributed by atoms with Crippen LogP contribution < -0.4 is 4.74 Å². The molecule has 0 spiro atoms. The number of benzene rings is 2. The van der Waals surface area contributed by atoms with E-state index in [2.05, 4.69) is 0 Å². The molecule has 2 aromatic carbocycles. The number of aromatic hydroxyl groups is 1. The maximum Gasteiger partial charge on any atom is 0.121 e. The van der Waals surface area contributed by atoms with E-state index in [1.165, 1.54) is 0 Å². The number of rotatable bonds is 3. The highest BCUT2D eigenvalue weighted by Crippen LogP contribution is 2.23. The van der Waals surface area contributed by atoms with Crippen LogP contribution in [0.1, 0.15) is 18.6 Å². The van der Waals surface area contributed by atoms with Crippen LogP contribution in [0.25, 0.3) is 0 Å². The SMILES string of the molecule is CC(Oc1ccc(O)cc1)c1ccccc1. The van der Waals surface area contributed by atoms with Crippen LogP contribution in [-0.4, -0.2) is 5.11 Å². The van der Waals surface area contributed by atoms with Crippen molar-refractivity contribution in [2.75, 3.05) is 0 Å². The summed E-state index contributed by atoms with van der Waals surface area (Å²) in [7, 11) is 0. The Kier molecular flexibility index (Phi) is 3.10. The van der Waals surface area contributed by atoms with Gasteiger partial charge in [-0.05, 0) is 36.8 Å². The van der Waals surface area contributed by atoms with E-state index < -0.39 is 0 Å². The molecule has 16 heavy (non-hydrogen) atoms. The zero-order valence-electron chi connectivity index (χ0n) is 9.13. The fourth-order valence-corrected chi connectivity index (χ4v) is 1.52. The number of ether oxygens (including phenoxy) is 1. The molecule has 0 heterocycles. The number of hydrogen-bond acceptors (Lipinski definition) is 2. The molecule has 0 amide bonds. The standard InChI is InChI=1S/C14H14O2/c1-11(12-5-3-2-4-6-12)16-14-9-7-13(15)8-10-14/h2-11,15H,1H3. The Morgan fingerprint density at radius 3 is 2.19 bits per heavy atom. The molecule has 0 aromatic heterocycles. The van der Waals surface area contributed by atoms with Crippen molar-refractivity contribution in [1.82, 2.24) is 0 Å². The molecule has 2 aromatic rings. The normalized spacial score (nSPS) is 12.1. The number of hydrogen-bond donors (Lipinski definition) is 1. The van der Waals surface area contributed by atoms with E-state index in [4.69, 9.17) is 9.84 Å². The topological polar surface area (TPSA) is 29.5 Å². The molecule has 1 unspecified atom stereocenters. The summed E-state index contributed by atoms with van der Waals surface area (Å²) < 4.78 is 5.74. The van der Waals surface area contributed by atoms with Crippen LogP contribution in [0.3, 0.4) is 0 Å². The zero-order valence-corrected chi connectivity index (χ0v) is 9.13. The Hall–Kier alpha value is -1.96. The lowest BCUT2D eigenvalue weighted by molar-refractivity contribution is 0.226. The average molecular weight is 214 g/mol. The molecule has 0 saturated heterocycles. The van der Waals surface area contributed by atoms with Gasteiger partial charge < -0.3 is 9.84 Å². The summed E-state index contributed by atoms with van der Waals surface area (Å²) in [5, 5.41) is 9.15. The maximum atomic E-state index is 9.15. The van der Waals surface area contributed by atoms with Gasteiger partial charge in [-0.1, -0.05) is 30.3 Å². The number of phenolic OH excluding ortho intramolecular Hbond substituents is 1. The Morgan fingerprint density at radius 1 is 0.938 bits per heavy atom. The first-order chi connectivity index (χ1) is 7.75. The molecular weight excluding hydrogens is 200 g/mol. The fraction of sp³-hybridized carbons (Fsp3) is 0.143. The monoisotopic (exact) mass is 214 g/mol. The summed E-state index contributed by atoms with van der Waals surface area (Å²) in [5.74, 6) is 1.01. The highest BCUT2D eigenvalue weighted by Gasteiger charge is 2.05. The molecule has 2 heteroatoms. The van der Waals surface area contributed by atoms with Crippen molar-refractivity contribution in [3.05, 3.63) is 60.2 Å². The lowest BCUT2D eigenvalue weighted by atomic mass is 10.1. The minimum atomic E-state index is 0.00532. The lowest BCUT2D eigenvalue weighted by Gasteiger charge is -2.14. The first-order valence-electron chi connectivity index (χ1n) is 5.26. The Balaban J connectivity index is 2.08. The first-order valence-corrected chi connectivity index (χ1v) is 5.26. The van der Waals surface area contributed by atoms with Crippen LogP contribution in [0.5, 0.6) is 11.5 Å². The van der Waals surface area contributed by atoms with E-state index >= 15 is 0 Å². The van der Waals surface area contributed by atoms with Crippen molar-refractivity contribution in [2.24, 2.45) is 0 Å². The summed E-state index contributed by atoms with van der Waals surface area (Å²) in [6, 6.07) is 16.8. The van der Waals surface area contributed by atoms with Crippen molar-refractivity contribution in [3.63, 3.8) is 0 Å². The van der Waals surface area contributed by atoms with Gasteiger partial charge in [0.25, 0.3) is 0 Å². The minimum Gasteiger partial charge on any atom is -0.508 e. The third kappa shape index (κ3) is 2.54. The summed E-state index contributed by atoms with van der Waals surface area (Å²) in [6.07, 6.45) is 0.00532. The highest BCUT2D eigenvalue weighted by molar-refractivity contribution is 5.31. The smallest absolute Gasteiger partial charge is 0.121 e. The summed E-state index contributed by atoms with van der Waals surface area (Å²) >= 11 is 0. The maximum absolute atomic E-state index is 9.15. The van der Waals surface area contributed by atoms with E-state index in [0.29, 0.717) is 0 Å². The Bertz CT molecular complexity index is 434. The minimum absolute atomic E-state index is 0.00532. The second kappa shape index (κ2) is 4.71. The van der Waals surface area contributed by atoms with Gasteiger partial charge in [0, 0.05) is 0 Å². The van der Waals surface area contributed by atoms with Gasteiger partial charge in [0.1, 0.15) is 17.6 Å². The predicted molar refractivity (Wildman–Crippen MR) is 63.6 cm³/mol. The molecule has 0 aliphatic rings. The molecule has 2 nitrogen and oxygen atoms in total. The van der Waals surface area contributed by atoms with Crippen molar-refractivity contribution < 1.29 is 9.84 Å². The highest BCUT2D eigenvalue weighted by atomic mass is 16.5. The molecule has 2 rings (SSSR count). The predicted octanol–water partition coefficient (Wildman–Crippen LogP) is 3.53. The molecule has 0 aliphatic heterocycles. The van der Waals surface area contributed by atoms with Gasteiger partial charge in [-0.3, -0.25) is 0 Å². The van der Waals surface area contributed by atoms with Crippen molar-refractivity contribution >= 4 is 0 Å². The molecule has 0 radical (unpaired) electrons. The Morgan fingerprint density at radius 2 is 1.56 bits per heavy atom. The van der Waals surface area contributed by atoms with Crippen LogP contribution in [0.4, 0.5) is 0 Å². The van der Waals surface area contributed by atoms with Crippen LogP contribution >= 0.6 is 0 Å².